The first-order chi connectivity index (χ1) is 24.1. The van der Waals surface area contributed by atoms with E-state index in [-0.39, 0.29) is 0 Å². The lowest BCUT2D eigenvalue weighted by molar-refractivity contribution is 1.08. The van der Waals surface area contributed by atoms with Crippen LogP contribution in [0.4, 0.5) is 0 Å². The molecule has 0 fully saturated rings. The molecule has 0 bridgehead atoms. The maximum absolute atomic E-state index is 5.28. The topological polar surface area (TPSA) is 38.7 Å². The largest absolute Gasteiger partial charge is 0.208 e. The van der Waals surface area contributed by atoms with Crippen LogP contribution in [0.1, 0.15) is 0 Å². The Hall–Kier alpha value is -5.97. The van der Waals surface area contributed by atoms with E-state index in [4.69, 9.17) is 15.0 Å². The fraction of sp³-hybridized carbons (Fsp3) is 0.0444. The van der Waals surface area contributed by atoms with E-state index >= 15 is 0 Å². The first kappa shape index (κ1) is 29.2. The Morgan fingerprint density at radius 1 is 0.347 bits per heavy atom. The van der Waals surface area contributed by atoms with E-state index in [1.165, 1.54) is 37.8 Å². The third-order valence-electron chi connectivity index (χ3n) is 9.98. The third kappa shape index (κ3) is 4.92. The zero-order valence-electron chi connectivity index (χ0n) is 27.4. The van der Waals surface area contributed by atoms with Crippen molar-refractivity contribution >= 4 is 29.2 Å². The molecular formula is C45H33N3Si. The highest BCUT2D eigenvalue weighted by Crippen LogP contribution is 2.38. The second-order valence-electron chi connectivity index (χ2n) is 13.2. The molecule has 0 saturated carbocycles. The minimum atomic E-state index is -1.88. The summed E-state index contributed by atoms with van der Waals surface area (Å²) in [4.78, 5) is 15.7. The summed E-state index contributed by atoms with van der Waals surface area (Å²) in [6.45, 7) is 4.89. The predicted molar refractivity (Wildman–Crippen MR) is 207 cm³/mol. The summed E-state index contributed by atoms with van der Waals surface area (Å²) in [6.07, 6.45) is 0. The highest BCUT2D eigenvalue weighted by molar-refractivity contribution is 7.04. The number of benzene rings is 7. The van der Waals surface area contributed by atoms with Crippen molar-refractivity contribution in [2.75, 3.05) is 0 Å². The molecule has 1 aromatic heterocycles. The lowest BCUT2D eigenvalue weighted by Gasteiger charge is -2.19. The van der Waals surface area contributed by atoms with Crippen LogP contribution in [0.3, 0.4) is 0 Å². The standard InChI is InChI=1S/C45H33N3Si/c1-49(2)40-24-11-10-21-38(40)42-39(23-13-25-41(42)49)45-47-43(46-44(48-45)37-20-9-8-19-36(37)30-14-4-3-5-15-30)33-28-26-32(27-29-33)35-22-12-17-31-16-6-7-18-34(31)35/h3-29H,1-2H3. The normalized spacial score (nSPS) is 12.9. The van der Waals surface area contributed by atoms with Crippen molar-refractivity contribution in [1.29, 1.82) is 0 Å². The van der Waals surface area contributed by atoms with Crippen molar-refractivity contribution in [2.45, 2.75) is 13.1 Å². The summed E-state index contributed by atoms with van der Waals surface area (Å²) < 4.78 is 0. The Balaban J connectivity index is 1.25. The summed E-state index contributed by atoms with van der Waals surface area (Å²) >= 11 is 0. The smallest absolute Gasteiger partial charge is 0.164 e. The molecule has 0 radical (unpaired) electrons. The minimum Gasteiger partial charge on any atom is -0.208 e. The predicted octanol–water partition coefficient (Wildman–Crippen LogP) is 10.2. The van der Waals surface area contributed by atoms with Gasteiger partial charge in [-0.1, -0.05) is 177 Å². The van der Waals surface area contributed by atoms with Crippen LogP contribution in [0.5, 0.6) is 0 Å². The molecule has 8 aromatic rings. The summed E-state index contributed by atoms with van der Waals surface area (Å²) in [7, 11) is -1.88. The Bertz CT molecular complexity index is 2510. The van der Waals surface area contributed by atoms with Crippen molar-refractivity contribution < 1.29 is 0 Å². The molecule has 0 N–H and O–H groups in total. The van der Waals surface area contributed by atoms with Gasteiger partial charge in [0.05, 0.1) is 0 Å². The van der Waals surface area contributed by atoms with Gasteiger partial charge in [0.25, 0.3) is 0 Å². The Kier molecular flexibility index (Phi) is 6.92. The first-order valence-electron chi connectivity index (χ1n) is 16.8. The third-order valence-corrected chi connectivity index (χ3v) is 13.5. The zero-order valence-corrected chi connectivity index (χ0v) is 28.4. The molecule has 2 heterocycles. The van der Waals surface area contributed by atoms with Crippen LogP contribution in [0.25, 0.3) is 78.3 Å². The molecule has 0 atom stereocenters. The minimum absolute atomic E-state index is 0.660. The molecule has 1 aliphatic rings. The number of nitrogens with zero attached hydrogens (tertiary/aromatic N) is 3. The quantitative estimate of drug-likeness (QED) is 0.175. The number of rotatable bonds is 5. The molecule has 0 aliphatic carbocycles. The molecule has 7 aromatic carbocycles. The average Bonchev–Trinajstić information content (AvgIpc) is 3.41. The second-order valence-corrected chi connectivity index (χ2v) is 17.5. The van der Waals surface area contributed by atoms with Crippen molar-refractivity contribution in [3.05, 3.63) is 164 Å². The van der Waals surface area contributed by atoms with Gasteiger partial charge in [-0.2, -0.15) is 0 Å². The molecule has 1 aliphatic heterocycles. The van der Waals surface area contributed by atoms with Crippen LogP contribution >= 0.6 is 0 Å². The van der Waals surface area contributed by atoms with E-state index < -0.39 is 8.07 Å². The van der Waals surface area contributed by atoms with E-state index in [0.29, 0.717) is 17.5 Å². The highest BCUT2D eigenvalue weighted by Gasteiger charge is 2.38. The van der Waals surface area contributed by atoms with E-state index in [0.717, 1.165) is 33.4 Å². The molecule has 232 valence electrons. The average molecular weight is 644 g/mol. The van der Waals surface area contributed by atoms with Crippen LogP contribution in [0.2, 0.25) is 13.1 Å². The van der Waals surface area contributed by atoms with Gasteiger partial charge >= 0.3 is 0 Å². The number of hydrogen-bond acceptors (Lipinski definition) is 3. The van der Waals surface area contributed by atoms with Gasteiger partial charge in [0.15, 0.2) is 17.5 Å². The monoisotopic (exact) mass is 643 g/mol. The van der Waals surface area contributed by atoms with Gasteiger partial charge in [-0.3, -0.25) is 0 Å². The fourth-order valence-corrected chi connectivity index (χ4v) is 10.6. The number of aromatic nitrogens is 3. The van der Waals surface area contributed by atoms with E-state index in [1.54, 1.807) is 0 Å². The molecule has 3 nitrogen and oxygen atoms in total. The summed E-state index contributed by atoms with van der Waals surface area (Å²) in [5, 5.41) is 5.37. The van der Waals surface area contributed by atoms with E-state index in [2.05, 4.69) is 171 Å². The van der Waals surface area contributed by atoms with Gasteiger partial charge in [-0.25, -0.2) is 15.0 Å². The van der Waals surface area contributed by atoms with Gasteiger partial charge in [0.2, 0.25) is 0 Å². The van der Waals surface area contributed by atoms with Gasteiger partial charge in [0, 0.05) is 16.7 Å². The second kappa shape index (κ2) is 11.6. The number of fused-ring (bicyclic) bond motifs is 4. The number of hydrogen-bond donors (Lipinski definition) is 0. The summed E-state index contributed by atoms with van der Waals surface area (Å²) in [6, 6.07) is 58.1. The van der Waals surface area contributed by atoms with Crippen LogP contribution < -0.4 is 10.4 Å². The van der Waals surface area contributed by atoms with Gasteiger partial charge in [0.1, 0.15) is 8.07 Å². The Morgan fingerprint density at radius 2 is 0.857 bits per heavy atom. The Labute approximate surface area is 287 Å². The molecule has 0 spiro atoms. The van der Waals surface area contributed by atoms with Crippen LogP contribution in [0, 0.1) is 0 Å². The van der Waals surface area contributed by atoms with Gasteiger partial charge < -0.3 is 0 Å². The molecule has 49 heavy (non-hydrogen) atoms. The van der Waals surface area contributed by atoms with E-state index in [9.17, 15) is 0 Å². The highest BCUT2D eigenvalue weighted by atomic mass is 28.3. The molecule has 9 rings (SSSR count). The van der Waals surface area contributed by atoms with Crippen molar-refractivity contribution in [3.63, 3.8) is 0 Å². The lowest BCUT2D eigenvalue weighted by Crippen LogP contribution is -2.49. The SMILES string of the molecule is C[Si]1(C)c2ccccc2-c2c(-c3nc(-c4ccc(-c5cccc6ccccc56)cc4)nc(-c4ccccc4-c4ccccc4)n3)cccc21. The van der Waals surface area contributed by atoms with E-state index in [1.807, 2.05) is 6.07 Å². The zero-order chi connectivity index (χ0) is 33.0. The van der Waals surface area contributed by atoms with Crippen molar-refractivity contribution in [3.8, 4) is 67.5 Å². The molecule has 0 amide bonds. The maximum atomic E-state index is 5.28. The van der Waals surface area contributed by atoms with Crippen molar-refractivity contribution in [2.24, 2.45) is 0 Å². The molecule has 0 unspecified atom stereocenters. The summed E-state index contributed by atoms with van der Waals surface area (Å²) in [5.41, 5.74) is 10.1. The van der Waals surface area contributed by atoms with Gasteiger partial charge in [-0.15, -0.1) is 0 Å². The van der Waals surface area contributed by atoms with Crippen LogP contribution in [-0.4, -0.2) is 23.0 Å². The van der Waals surface area contributed by atoms with Crippen LogP contribution in [0.15, 0.2) is 164 Å². The van der Waals surface area contributed by atoms with Crippen molar-refractivity contribution in [1.82, 2.24) is 15.0 Å². The van der Waals surface area contributed by atoms with Crippen LogP contribution in [-0.2, 0) is 0 Å². The maximum Gasteiger partial charge on any atom is 0.164 e. The van der Waals surface area contributed by atoms with Gasteiger partial charge in [-0.05, 0) is 54.5 Å². The summed E-state index contributed by atoms with van der Waals surface area (Å²) in [5.74, 6) is 2.02. The molecule has 4 heteroatoms. The molecule has 0 saturated heterocycles. The fourth-order valence-electron chi connectivity index (χ4n) is 7.51. The molecular weight excluding hydrogens is 611 g/mol. The first-order valence-corrected chi connectivity index (χ1v) is 19.8. The Morgan fingerprint density at radius 3 is 1.67 bits per heavy atom. The lowest BCUT2D eigenvalue weighted by atomic mass is 9.97.